The highest BCUT2D eigenvalue weighted by Gasteiger charge is 2.04. The molecule has 1 aromatic heterocycles. The Hall–Kier alpha value is -0.710. The zero-order valence-corrected chi connectivity index (χ0v) is 7.09. The molecule has 0 fully saturated rings. The van der Waals surface area contributed by atoms with Gasteiger partial charge < -0.3 is 10.8 Å². The Bertz CT molecular complexity index is 229. The summed E-state index contributed by atoms with van der Waals surface area (Å²) in [6.07, 6.45) is 1.07. The molecule has 68 valence electrons. The zero-order valence-electron chi connectivity index (χ0n) is 6.27. The molecule has 0 saturated carbocycles. The number of hydrogen-bond acceptors (Lipinski definition) is 3. The quantitative estimate of drug-likeness (QED) is 0.723. The average Bonchev–Trinajstić information content (AvgIpc) is 2.05. The maximum atomic E-state index is 12.3. The molecule has 0 spiro atoms. The molecule has 0 radical (unpaired) electrons. The summed E-state index contributed by atoms with van der Waals surface area (Å²) in [5, 5.41) is 8.60. The molecular weight excluding hydrogens is 183 g/mol. The largest absolute Gasteiger partial charge is 0.394 e. The second-order valence-corrected chi connectivity index (χ2v) is 2.19. The smallest absolute Gasteiger partial charge is 0.141 e. The zero-order chi connectivity index (χ0) is 8.27. The molecular formula is C7H10ClFN2O. The van der Waals surface area contributed by atoms with Crippen LogP contribution in [0, 0.1) is 5.82 Å². The summed E-state index contributed by atoms with van der Waals surface area (Å²) in [6, 6.07) is 2.20. The van der Waals surface area contributed by atoms with E-state index in [0.717, 1.165) is 6.20 Å². The van der Waals surface area contributed by atoms with Crippen molar-refractivity contribution in [3.8, 4) is 0 Å². The van der Waals surface area contributed by atoms with Crippen LogP contribution in [0.15, 0.2) is 18.3 Å². The van der Waals surface area contributed by atoms with E-state index in [1.165, 1.54) is 12.1 Å². The van der Waals surface area contributed by atoms with E-state index in [-0.39, 0.29) is 19.0 Å². The predicted octanol–water partition coefficient (Wildman–Crippen LogP) is 0.635. The molecule has 0 aliphatic carbocycles. The van der Waals surface area contributed by atoms with E-state index < -0.39 is 11.9 Å². The lowest BCUT2D eigenvalue weighted by Gasteiger charge is -2.05. The van der Waals surface area contributed by atoms with Crippen LogP contribution < -0.4 is 5.73 Å². The first kappa shape index (κ1) is 11.3. The molecule has 0 unspecified atom stereocenters. The Morgan fingerprint density at radius 2 is 2.25 bits per heavy atom. The fourth-order valence-electron chi connectivity index (χ4n) is 0.700. The van der Waals surface area contributed by atoms with Gasteiger partial charge in [-0.15, -0.1) is 12.4 Å². The number of nitrogens with zero attached hydrogens (tertiary/aromatic N) is 1. The third kappa shape index (κ3) is 2.73. The minimum atomic E-state index is -0.518. The van der Waals surface area contributed by atoms with Gasteiger partial charge in [0.25, 0.3) is 0 Å². The first-order valence-corrected chi connectivity index (χ1v) is 3.22. The molecule has 0 bridgehead atoms. The van der Waals surface area contributed by atoms with Crippen molar-refractivity contribution in [2.75, 3.05) is 6.61 Å². The number of hydrogen-bond donors (Lipinski definition) is 2. The monoisotopic (exact) mass is 192 g/mol. The van der Waals surface area contributed by atoms with Gasteiger partial charge in [-0.2, -0.15) is 0 Å². The Kier molecular flexibility index (Phi) is 4.73. The average molecular weight is 193 g/mol. The van der Waals surface area contributed by atoms with Crippen LogP contribution in [0.3, 0.4) is 0 Å². The molecule has 12 heavy (non-hydrogen) atoms. The van der Waals surface area contributed by atoms with Gasteiger partial charge in [0.05, 0.1) is 24.5 Å². The maximum absolute atomic E-state index is 12.3. The topological polar surface area (TPSA) is 59.1 Å². The summed E-state index contributed by atoms with van der Waals surface area (Å²) < 4.78 is 12.3. The highest BCUT2D eigenvalue weighted by atomic mass is 35.5. The Balaban J connectivity index is 0.00000121. The molecule has 0 aromatic carbocycles. The highest BCUT2D eigenvalue weighted by Crippen LogP contribution is 2.05. The van der Waals surface area contributed by atoms with E-state index in [9.17, 15) is 4.39 Å². The number of aromatic nitrogens is 1. The van der Waals surface area contributed by atoms with Gasteiger partial charge in [-0.1, -0.05) is 0 Å². The minimum absolute atomic E-state index is 0. The fourth-order valence-corrected chi connectivity index (χ4v) is 0.700. The number of aliphatic hydroxyl groups is 1. The number of pyridine rings is 1. The van der Waals surface area contributed by atoms with Crippen LogP contribution >= 0.6 is 12.4 Å². The van der Waals surface area contributed by atoms with E-state index in [4.69, 9.17) is 10.8 Å². The van der Waals surface area contributed by atoms with Gasteiger partial charge in [0.15, 0.2) is 0 Å². The van der Waals surface area contributed by atoms with Crippen LogP contribution in [0.5, 0.6) is 0 Å². The van der Waals surface area contributed by atoms with E-state index in [1.54, 1.807) is 0 Å². The Morgan fingerprint density at radius 1 is 1.58 bits per heavy atom. The van der Waals surface area contributed by atoms with Crippen LogP contribution in [0.4, 0.5) is 4.39 Å². The van der Waals surface area contributed by atoms with Gasteiger partial charge >= 0.3 is 0 Å². The standard InChI is InChI=1S/C7H9FN2O.ClH/c8-5-1-2-7(10-3-5)6(9)4-11;/h1-3,6,11H,4,9H2;1H/t6-;/m0./s1. The SMILES string of the molecule is Cl.N[C@@H](CO)c1ccc(F)cn1. The van der Waals surface area contributed by atoms with Crippen molar-refractivity contribution < 1.29 is 9.50 Å². The minimum Gasteiger partial charge on any atom is -0.394 e. The van der Waals surface area contributed by atoms with Gasteiger partial charge in [-0.05, 0) is 12.1 Å². The number of nitrogens with two attached hydrogens (primary N) is 1. The van der Waals surface area contributed by atoms with Gasteiger partial charge in [-0.25, -0.2) is 4.39 Å². The van der Waals surface area contributed by atoms with Crippen molar-refractivity contribution in [2.24, 2.45) is 5.73 Å². The molecule has 0 aliphatic rings. The van der Waals surface area contributed by atoms with Gasteiger partial charge in [0, 0.05) is 0 Å². The number of rotatable bonds is 2. The second-order valence-electron chi connectivity index (χ2n) is 2.19. The summed E-state index contributed by atoms with van der Waals surface area (Å²) >= 11 is 0. The van der Waals surface area contributed by atoms with Crippen LogP contribution in [0.25, 0.3) is 0 Å². The van der Waals surface area contributed by atoms with Crippen molar-refractivity contribution in [3.63, 3.8) is 0 Å². The van der Waals surface area contributed by atoms with Crippen molar-refractivity contribution in [1.29, 1.82) is 0 Å². The van der Waals surface area contributed by atoms with E-state index in [1.807, 2.05) is 0 Å². The number of aliphatic hydroxyl groups excluding tert-OH is 1. The van der Waals surface area contributed by atoms with Crippen molar-refractivity contribution in [3.05, 3.63) is 29.8 Å². The molecule has 5 heteroatoms. The van der Waals surface area contributed by atoms with Crippen molar-refractivity contribution in [1.82, 2.24) is 4.98 Å². The maximum Gasteiger partial charge on any atom is 0.141 e. The molecule has 3 nitrogen and oxygen atoms in total. The van der Waals surface area contributed by atoms with Crippen LogP contribution in [0.2, 0.25) is 0 Å². The first-order valence-electron chi connectivity index (χ1n) is 3.22. The summed E-state index contributed by atoms with van der Waals surface area (Å²) in [7, 11) is 0. The van der Waals surface area contributed by atoms with Gasteiger partial charge in [0.1, 0.15) is 5.82 Å². The molecule has 3 N–H and O–H groups in total. The molecule has 1 rings (SSSR count). The first-order chi connectivity index (χ1) is 5.24. The Morgan fingerprint density at radius 3 is 2.67 bits per heavy atom. The molecule has 1 aromatic rings. The molecule has 0 amide bonds. The second kappa shape index (κ2) is 5.03. The summed E-state index contributed by atoms with van der Waals surface area (Å²) in [5.41, 5.74) is 5.90. The van der Waals surface area contributed by atoms with Crippen molar-refractivity contribution in [2.45, 2.75) is 6.04 Å². The van der Waals surface area contributed by atoms with Crippen LogP contribution in [-0.4, -0.2) is 16.7 Å². The molecule has 1 atom stereocenters. The highest BCUT2D eigenvalue weighted by molar-refractivity contribution is 5.85. The number of halogens is 2. The van der Waals surface area contributed by atoms with E-state index >= 15 is 0 Å². The summed E-state index contributed by atoms with van der Waals surface area (Å²) in [5.74, 6) is -0.404. The summed E-state index contributed by atoms with van der Waals surface area (Å²) in [4.78, 5) is 3.69. The van der Waals surface area contributed by atoms with E-state index in [2.05, 4.69) is 4.98 Å². The molecule has 1 heterocycles. The molecule has 0 aliphatic heterocycles. The third-order valence-corrected chi connectivity index (χ3v) is 1.33. The van der Waals surface area contributed by atoms with Crippen LogP contribution in [-0.2, 0) is 0 Å². The van der Waals surface area contributed by atoms with Crippen LogP contribution in [0.1, 0.15) is 11.7 Å². The molecule has 0 saturated heterocycles. The van der Waals surface area contributed by atoms with Gasteiger partial charge in [0.2, 0.25) is 0 Å². The predicted molar refractivity (Wildman–Crippen MR) is 45.5 cm³/mol. The van der Waals surface area contributed by atoms with Crippen molar-refractivity contribution >= 4 is 12.4 Å². The lowest BCUT2D eigenvalue weighted by Crippen LogP contribution is -2.15. The Labute approximate surface area is 75.8 Å². The van der Waals surface area contributed by atoms with E-state index in [0.29, 0.717) is 5.69 Å². The lowest BCUT2D eigenvalue weighted by molar-refractivity contribution is 0.265. The normalized spacial score (nSPS) is 11.9. The fraction of sp³-hybridized carbons (Fsp3) is 0.286. The third-order valence-electron chi connectivity index (χ3n) is 1.33. The lowest BCUT2D eigenvalue weighted by atomic mass is 10.2. The summed E-state index contributed by atoms with van der Waals surface area (Å²) in [6.45, 7) is -0.182. The van der Waals surface area contributed by atoms with Gasteiger partial charge in [-0.3, -0.25) is 4.98 Å².